The zero-order valence-electron chi connectivity index (χ0n) is 8.38. The van der Waals surface area contributed by atoms with Gasteiger partial charge >= 0.3 is 6.09 Å². The summed E-state index contributed by atoms with van der Waals surface area (Å²) in [6, 6.07) is 12.1. The lowest BCUT2D eigenvalue weighted by atomic mass is 10.0. The first-order valence-corrected chi connectivity index (χ1v) is 5.72. The van der Waals surface area contributed by atoms with E-state index in [1.165, 1.54) is 16.3 Å². The van der Waals surface area contributed by atoms with Gasteiger partial charge in [0.2, 0.25) is 0 Å². The van der Waals surface area contributed by atoms with Gasteiger partial charge in [0.25, 0.3) is 0 Å². The molecule has 2 aromatic rings. The van der Waals surface area contributed by atoms with E-state index < -0.39 is 6.09 Å². The Bertz CT molecular complexity index is 582. The van der Waals surface area contributed by atoms with E-state index in [9.17, 15) is 4.79 Å². The van der Waals surface area contributed by atoms with E-state index in [0.29, 0.717) is 6.54 Å². The predicted octanol–water partition coefficient (Wildman–Crippen LogP) is 3.34. The summed E-state index contributed by atoms with van der Waals surface area (Å²) < 4.78 is 1.36. The molecule has 0 aliphatic carbocycles. The molecule has 1 amide bonds. The van der Waals surface area contributed by atoms with Crippen molar-refractivity contribution in [2.45, 2.75) is 11.4 Å². The molecule has 0 unspecified atom stereocenters. The van der Waals surface area contributed by atoms with Crippen LogP contribution in [-0.2, 0) is 6.54 Å². The fraction of sp³-hybridized carbons (Fsp3) is 0.0833. The van der Waals surface area contributed by atoms with E-state index in [1.54, 1.807) is 0 Å². The minimum absolute atomic E-state index is 0.469. The van der Waals surface area contributed by atoms with E-state index >= 15 is 0 Å². The number of rotatable bonds is 0. The molecule has 0 spiro atoms. The maximum Gasteiger partial charge on any atom is 0.418 e. The summed E-state index contributed by atoms with van der Waals surface area (Å²) in [5.41, 5.74) is 1.12. The van der Waals surface area contributed by atoms with Crippen LogP contribution in [0, 0.1) is 0 Å². The molecule has 2 aromatic carbocycles. The summed E-state index contributed by atoms with van der Waals surface area (Å²) >= 11 is 1.29. The number of benzene rings is 2. The van der Waals surface area contributed by atoms with Crippen molar-refractivity contribution in [2.75, 3.05) is 0 Å². The average molecular weight is 231 g/mol. The lowest BCUT2D eigenvalue weighted by Crippen LogP contribution is -2.16. The Morgan fingerprint density at radius 1 is 1.25 bits per heavy atom. The van der Waals surface area contributed by atoms with Gasteiger partial charge < -0.3 is 5.11 Å². The molecular weight excluding hydrogens is 222 g/mol. The van der Waals surface area contributed by atoms with Crippen molar-refractivity contribution in [3.05, 3.63) is 42.0 Å². The molecule has 0 aromatic heterocycles. The van der Waals surface area contributed by atoms with Crippen molar-refractivity contribution in [2.24, 2.45) is 0 Å². The van der Waals surface area contributed by atoms with Crippen LogP contribution in [0.3, 0.4) is 0 Å². The highest BCUT2D eigenvalue weighted by Crippen LogP contribution is 2.39. The molecule has 0 bridgehead atoms. The van der Waals surface area contributed by atoms with Crippen LogP contribution in [0.15, 0.2) is 41.3 Å². The van der Waals surface area contributed by atoms with Gasteiger partial charge in [-0.1, -0.05) is 30.3 Å². The quantitative estimate of drug-likeness (QED) is 0.707. The smallest absolute Gasteiger partial charge is 0.418 e. The summed E-state index contributed by atoms with van der Waals surface area (Å²) in [6.07, 6.45) is -0.884. The summed E-state index contributed by atoms with van der Waals surface area (Å²) in [5.74, 6) is 0. The predicted molar refractivity (Wildman–Crippen MR) is 63.4 cm³/mol. The minimum atomic E-state index is -0.884. The second-order valence-electron chi connectivity index (χ2n) is 3.67. The molecule has 0 atom stereocenters. The number of carboxylic acid groups (broad SMARTS) is 1. The Morgan fingerprint density at radius 3 is 2.88 bits per heavy atom. The van der Waals surface area contributed by atoms with Crippen molar-refractivity contribution < 1.29 is 9.90 Å². The van der Waals surface area contributed by atoms with Crippen molar-refractivity contribution in [1.29, 1.82) is 0 Å². The Morgan fingerprint density at radius 2 is 2.06 bits per heavy atom. The van der Waals surface area contributed by atoms with E-state index in [0.717, 1.165) is 21.2 Å². The van der Waals surface area contributed by atoms with Gasteiger partial charge in [0, 0.05) is 4.90 Å². The molecular formula is C12H9NO2S. The van der Waals surface area contributed by atoms with Gasteiger partial charge in [-0.05, 0) is 34.4 Å². The number of hydrogen-bond acceptors (Lipinski definition) is 2. The zero-order chi connectivity index (χ0) is 11.1. The summed E-state index contributed by atoms with van der Waals surface area (Å²) in [5, 5.41) is 11.3. The van der Waals surface area contributed by atoms with Crippen LogP contribution in [0.5, 0.6) is 0 Å². The fourth-order valence-electron chi connectivity index (χ4n) is 1.97. The highest BCUT2D eigenvalue weighted by Gasteiger charge is 2.25. The molecule has 16 heavy (non-hydrogen) atoms. The van der Waals surface area contributed by atoms with Crippen LogP contribution in [0.2, 0.25) is 0 Å². The van der Waals surface area contributed by atoms with Crippen LogP contribution in [0.1, 0.15) is 5.56 Å². The van der Waals surface area contributed by atoms with Gasteiger partial charge in [-0.25, -0.2) is 9.10 Å². The second-order valence-corrected chi connectivity index (χ2v) is 4.74. The number of carbonyl (C=O) groups is 1. The van der Waals surface area contributed by atoms with Gasteiger partial charge in [-0.3, -0.25) is 0 Å². The first-order chi connectivity index (χ1) is 7.75. The van der Waals surface area contributed by atoms with Gasteiger partial charge in [0.15, 0.2) is 0 Å². The van der Waals surface area contributed by atoms with E-state index in [2.05, 4.69) is 0 Å². The van der Waals surface area contributed by atoms with Gasteiger partial charge in [-0.15, -0.1) is 0 Å². The number of nitrogens with zero attached hydrogens (tertiary/aromatic N) is 1. The molecule has 0 radical (unpaired) electrons. The highest BCUT2D eigenvalue weighted by molar-refractivity contribution is 7.97. The van der Waals surface area contributed by atoms with Crippen LogP contribution in [-0.4, -0.2) is 15.5 Å². The molecule has 3 nitrogen and oxygen atoms in total. The molecule has 0 saturated heterocycles. The molecule has 3 rings (SSSR count). The third-order valence-electron chi connectivity index (χ3n) is 2.72. The Labute approximate surface area is 96.8 Å². The maximum absolute atomic E-state index is 10.9. The lowest BCUT2D eigenvalue weighted by molar-refractivity contribution is 0.175. The number of hydrogen-bond donors (Lipinski definition) is 1. The molecule has 0 saturated carbocycles. The van der Waals surface area contributed by atoms with E-state index in [1.807, 2.05) is 36.4 Å². The molecule has 0 fully saturated rings. The largest absolute Gasteiger partial charge is 0.464 e. The van der Waals surface area contributed by atoms with Crippen molar-refractivity contribution in [3.63, 3.8) is 0 Å². The third kappa shape index (κ3) is 1.34. The normalized spacial score (nSPS) is 14.1. The zero-order valence-corrected chi connectivity index (χ0v) is 9.20. The van der Waals surface area contributed by atoms with Crippen LogP contribution in [0.4, 0.5) is 4.79 Å². The lowest BCUT2D eigenvalue weighted by Gasteiger charge is -2.06. The van der Waals surface area contributed by atoms with E-state index in [4.69, 9.17) is 5.11 Å². The second kappa shape index (κ2) is 3.42. The van der Waals surface area contributed by atoms with Crippen LogP contribution in [0.25, 0.3) is 10.8 Å². The topological polar surface area (TPSA) is 40.5 Å². The number of amides is 1. The molecule has 1 heterocycles. The van der Waals surface area contributed by atoms with Crippen molar-refractivity contribution >= 4 is 28.8 Å². The SMILES string of the molecule is O=C(O)N1Cc2c(ccc3ccccc23)S1. The first kappa shape index (κ1) is 9.54. The monoisotopic (exact) mass is 231 g/mol. The maximum atomic E-state index is 10.9. The van der Waals surface area contributed by atoms with E-state index in [-0.39, 0.29) is 0 Å². The molecule has 1 N–H and O–H groups in total. The van der Waals surface area contributed by atoms with Crippen LogP contribution < -0.4 is 0 Å². The molecule has 4 heteroatoms. The Balaban J connectivity index is 2.17. The molecule has 1 aliphatic heterocycles. The van der Waals surface area contributed by atoms with Crippen molar-refractivity contribution in [1.82, 2.24) is 4.31 Å². The molecule has 1 aliphatic rings. The summed E-state index contributed by atoms with van der Waals surface area (Å²) in [7, 11) is 0. The first-order valence-electron chi connectivity index (χ1n) is 4.95. The van der Waals surface area contributed by atoms with Crippen LogP contribution >= 0.6 is 11.9 Å². The Kier molecular flexibility index (Phi) is 2.04. The summed E-state index contributed by atoms with van der Waals surface area (Å²) in [4.78, 5) is 12.0. The Hall–Kier alpha value is -1.68. The average Bonchev–Trinajstić information content (AvgIpc) is 2.73. The standard InChI is InChI=1S/C12H9NO2S/c14-12(15)13-7-10-9-4-2-1-3-8(9)5-6-11(10)16-13/h1-6H,7H2,(H,14,15). The fourth-order valence-corrected chi connectivity index (χ4v) is 2.89. The van der Waals surface area contributed by atoms with Gasteiger partial charge in [-0.2, -0.15) is 0 Å². The summed E-state index contributed by atoms with van der Waals surface area (Å²) in [6.45, 7) is 0.469. The van der Waals surface area contributed by atoms with Crippen molar-refractivity contribution in [3.8, 4) is 0 Å². The third-order valence-corrected chi connectivity index (χ3v) is 3.81. The van der Waals surface area contributed by atoms with Gasteiger partial charge in [0.1, 0.15) is 0 Å². The highest BCUT2D eigenvalue weighted by atomic mass is 32.2. The minimum Gasteiger partial charge on any atom is -0.464 e. The van der Waals surface area contributed by atoms with Gasteiger partial charge in [0.05, 0.1) is 6.54 Å². The molecule has 80 valence electrons. The number of fused-ring (bicyclic) bond motifs is 3.